The van der Waals surface area contributed by atoms with Crippen molar-refractivity contribution in [3.63, 3.8) is 0 Å². The van der Waals surface area contributed by atoms with Crippen molar-refractivity contribution in [2.24, 2.45) is 50.2 Å². The number of carboxylic acids is 1. The summed E-state index contributed by atoms with van der Waals surface area (Å²) in [5.41, 5.74) is -1.10. The first-order valence-corrected chi connectivity index (χ1v) is 27.2. The van der Waals surface area contributed by atoms with E-state index < -0.39 is 165 Å². The first-order chi connectivity index (χ1) is 35.5. The molecule has 0 amide bonds. The van der Waals surface area contributed by atoms with E-state index in [0.29, 0.717) is 32.1 Å². The molecule has 27 atom stereocenters. The van der Waals surface area contributed by atoms with E-state index in [4.69, 9.17) is 37.9 Å². The Morgan fingerprint density at radius 2 is 1.18 bits per heavy atom. The Hall–Kier alpha value is -2.08. The highest BCUT2D eigenvalue weighted by atomic mass is 16.8. The maximum absolute atomic E-state index is 14.7. The number of rotatable bonds is 11. The standard InChI is InChI=1S/C53H84O23/c1-48(2)14-16-53(47(68)76-45-36(63)33(60)31(58)26(20-55)71-45)17-15-51(6)22(23(53)18-48)8-9-28-50(5)12-11-29(49(3,4)27(50)10-13-52(28,51)7)72-46-37(64)34(61)40(41(75-46)42(66)67)74-43-38(65)39(24(56)21-69-43)73-44-35(62)32(59)30(57)25(19-54)70-44/h8,23-41,43-46,54-65H,9-21H2,1-7H3,(H,66,67). The van der Waals surface area contributed by atoms with E-state index in [-0.39, 0.29) is 39.4 Å². The van der Waals surface area contributed by atoms with Crippen molar-refractivity contribution in [1.29, 1.82) is 0 Å². The van der Waals surface area contributed by atoms with Gasteiger partial charge < -0.3 is 104 Å². The van der Waals surface area contributed by atoms with Crippen LogP contribution in [0.15, 0.2) is 11.6 Å². The molecule has 4 heterocycles. The second kappa shape index (κ2) is 21.0. The molecule has 0 bridgehead atoms. The zero-order valence-electron chi connectivity index (χ0n) is 44.4. The maximum Gasteiger partial charge on any atom is 0.335 e. The third-order valence-electron chi connectivity index (χ3n) is 21.0. The van der Waals surface area contributed by atoms with Crippen LogP contribution in [0, 0.1) is 50.2 Å². The Labute approximate surface area is 442 Å². The summed E-state index contributed by atoms with van der Waals surface area (Å²) in [4.78, 5) is 27.6. The lowest BCUT2D eigenvalue weighted by Crippen LogP contribution is -2.67. The third kappa shape index (κ3) is 9.42. The van der Waals surface area contributed by atoms with Crippen LogP contribution < -0.4 is 0 Å². The smallest absolute Gasteiger partial charge is 0.335 e. The number of fused-ring (bicyclic) bond motifs is 7. The molecule has 4 aliphatic heterocycles. The van der Waals surface area contributed by atoms with E-state index in [1.165, 1.54) is 5.57 Å². The molecule has 9 aliphatic rings. The van der Waals surface area contributed by atoms with Gasteiger partial charge in [-0.15, -0.1) is 0 Å². The van der Waals surface area contributed by atoms with Crippen LogP contribution in [-0.4, -0.2) is 221 Å². The fraction of sp³-hybridized carbons (Fsp3) is 0.925. The van der Waals surface area contributed by atoms with Gasteiger partial charge in [0.15, 0.2) is 25.0 Å². The minimum absolute atomic E-state index is 0.0793. The molecule has 0 aromatic rings. The van der Waals surface area contributed by atoms with Crippen LogP contribution in [0.25, 0.3) is 0 Å². The molecule has 0 radical (unpaired) electrons. The Bertz CT molecular complexity index is 2140. The van der Waals surface area contributed by atoms with E-state index in [0.717, 1.165) is 32.1 Å². The number of hydrogen-bond acceptors (Lipinski definition) is 22. The van der Waals surface area contributed by atoms with Crippen LogP contribution in [0.2, 0.25) is 0 Å². The van der Waals surface area contributed by atoms with E-state index in [9.17, 15) is 76.0 Å². The van der Waals surface area contributed by atoms with Crippen LogP contribution in [0.3, 0.4) is 0 Å². The molecule has 4 saturated carbocycles. The summed E-state index contributed by atoms with van der Waals surface area (Å²) in [6, 6.07) is 0. The molecule has 0 aromatic heterocycles. The molecule has 23 heteroatoms. The number of carboxylic acid groups (broad SMARTS) is 1. The third-order valence-corrected chi connectivity index (χ3v) is 21.0. The number of carbonyl (C=O) groups is 2. The summed E-state index contributed by atoms with van der Waals surface area (Å²) < 4.78 is 46.5. The molecule has 434 valence electrons. The molecule has 5 aliphatic carbocycles. The predicted octanol–water partition coefficient (Wildman–Crippen LogP) is -1.30. The van der Waals surface area contributed by atoms with Crippen molar-refractivity contribution >= 4 is 11.9 Å². The van der Waals surface area contributed by atoms with Gasteiger partial charge in [0.1, 0.15) is 85.5 Å². The fourth-order valence-electron chi connectivity index (χ4n) is 16.2. The summed E-state index contributed by atoms with van der Waals surface area (Å²) in [6.07, 6.45) is -24.0. The number of hydrogen-bond donors (Lipinski definition) is 13. The molecule has 0 spiro atoms. The van der Waals surface area contributed by atoms with E-state index >= 15 is 0 Å². The summed E-state index contributed by atoms with van der Waals surface area (Å²) in [6.45, 7) is 13.8. The molecule has 27 unspecified atom stereocenters. The van der Waals surface area contributed by atoms with Crippen molar-refractivity contribution < 1.29 is 114 Å². The highest BCUT2D eigenvalue weighted by Crippen LogP contribution is 2.76. The van der Waals surface area contributed by atoms with Crippen LogP contribution >= 0.6 is 0 Å². The van der Waals surface area contributed by atoms with Gasteiger partial charge >= 0.3 is 11.9 Å². The Kier molecular flexibility index (Phi) is 16.2. The second-order valence-corrected chi connectivity index (χ2v) is 25.9. The Morgan fingerprint density at radius 1 is 0.605 bits per heavy atom. The van der Waals surface area contributed by atoms with Gasteiger partial charge in [0.05, 0.1) is 31.3 Å². The molecule has 23 nitrogen and oxygen atoms in total. The van der Waals surface area contributed by atoms with Gasteiger partial charge in [-0.25, -0.2) is 4.79 Å². The van der Waals surface area contributed by atoms with E-state index in [2.05, 4.69) is 54.5 Å². The SMILES string of the molecule is CC1(C)CCC2(C(=O)OC3OC(CO)C(O)C(O)C3O)CCC3(C)C(=CCC4C5(C)CCC(OC6OC(C(=O)O)C(OC7OCC(O)C(OC8OC(CO)C(O)C(O)C8O)C7O)C(O)C6O)C(C)(C)C5CCC43C)C2C1. The number of allylic oxidation sites excluding steroid dienone is 2. The largest absolute Gasteiger partial charge is 0.479 e. The van der Waals surface area contributed by atoms with Crippen molar-refractivity contribution in [3.05, 3.63) is 11.6 Å². The summed E-state index contributed by atoms with van der Waals surface area (Å²) in [5.74, 6) is -2.01. The van der Waals surface area contributed by atoms with Crippen molar-refractivity contribution in [2.45, 2.75) is 235 Å². The molecule has 76 heavy (non-hydrogen) atoms. The van der Waals surface area contributed by atoms with Crippen molar-refractivity contribution in [1.82, 2.24) is 0 Å². The molecule has 4 saturated heterocycles. The highest BCUT2D eigenvalue weighted by molar-refractivity contribution is 5.79. The van der Waals surface area contributed by atoms with Crippen molar-refractivity contribution in [3.8, 4) is 0 Å². The van der Waals surface area contributed by atoms with E-state index in [1.54, 1.807) is 0 Å². The second-order valence-electron chi connectivity index (χ2n) is 25.9. The number of aliphatic carboxylic acids is 1. The van der Waals surface area contributed by atoms with Crippen LogP contribution in [-0.2, 0) is 47.5 Å². The Morgan fingerprint density at radius 3 is 1.82 bits per heavy atom. The summed E-state index contributed by atoms with van der Waals surface area (Å²) in [7, 11) is 0. The first kappa shape index (κ1) is 58.6. The first-order valence-electron chi connectivity index (χ1n) is 27.2. The quantitative estimate of drug-likeness (QED) is 0.0649. The molecular weight excluding hydrogens is 1000 g/mol. The van der Waals surface area contributed by atoms with E-state index in [1.807, 2.05) is 0 Å². The molecular formula is C53H84O23. The van der Waals surface area contributed by atoms with Gasteiger partial charge in [0, 0.05) is 0 Å². The average molecular weight is 1090 g/mol. The van der Waals surface area contributed by atoms with Gasteiger partial charge in [0.25, 0.3) is 0 Å². The fourth-order valence-corrected chi connectivity index (χ4v) is 16.2. The molecule has 8 fully saturated rings. The highest BCUT2D eigenvalue weighted by Gasteiger charge is 2.70. The predicted molar refractivity (Wildman–Crippen MR) is 257 cm³/mol. The minimum Gasteiger partial charge on any atom is -0.479 e. The lowest BCUT2D eigenvalue weighted by atomic mass is 9.33. The number of aliphatic hydroxyl groups excluding tert-OH is 12. The van der Waals surface area contributed by atoms with Crippen LogP contribution in [0.1, 0.15) is 113 Å². The molecule has 0 aromatic carbocycles. The topological polar surface area (TPSA) is 371 Å². The average Bonchev–Trinajstić information content (AvgIpc) is 3.38. The Balaban J connectivity index is 0.893. The molecule has 9 rings (SSSR count). The van der Waals surface area contributed by atoms with Gasteiger partial charge in [-0.1, -0.05) is 60.1 Å². The summed E-state index contributed by atoms with van der Waals surface area (Å²) >= 11 is 0. The number of carbonyl (C=O) groups excluding carboxylic acids is 1. The maximum atomic E-state index is 14.7. The lowest BCUT2D eigenvalue weighted by Gasteiger charge is -2.71. The number of esters is 1. The normalized spacial score (nSPS) is 52.9. The number of aliphatic hydroxyl groups is 12. The van der Waals surface area contributed by atoms with Gasteiger partial charge in [0.2, 0.25) is 6.29 Å². The number of ether oxygens (including phenoxy) is 8. The zero-order chi connectivity index (χ0) is 55.6. The van der Waals surface area contributed by atoms with Crippen LogP contribution in [0.5, 0.6) is 0 Å². The monoisotopic (exact) mass is 1090 g/mol. The zero-order valence-corrected chi connectivity index (χ0v) is 44.4. The lowest BCUT2D eigenvalue weighted by molar-refractivity contribution is -0.370. The van der Waals surface area contributed by atoms with Gasteiger partial charge in [-0.3, -0.25) is 4.79 Å². The van der Waals surface area contributed by atoms with Crippen molar-refractivity contribution in [2.75, 3.05) is 19.8 Å². The summed E-state index contributed by atoms with van der Waals surface area (Å²) in [5, 5.41) is 138. The van der Waals surface area contributed by atoms with Gasteiger partial charge in [-0.2, -0.15) is 0 Å². The van der Waals surface area contributed by atoms with Crippen LogP contribution in [0.4, 0.5) is 0 Å². The van der Waals surface area contributed by atoms with Gasteiger partial charge in [-0.05, 0) is 109 Å². The minimum atomic E-state index is -1.97. The molecule has 13 N–H and O–H groups in total.